The molecule has 0 aliphatic carbocycles. The van der Waals surface area contributed by atoms with E-state index in [4.69, 9.17) is 4.74 Å². The molecule has 1 aliphatic rings. The number of benzene rings is 1. The molecule has 18 heavy (non-hydrogen) atoms. The Morgan fingerprint density at radius 2 is 2.06 bits per heavy atom. The van der Waals surface area contributed by atoms with E-state index in [2.05, 4.69) is 9.55 Å². The van der Waals surface area contributed by atoms with E-state index >= 15 is 0 Å². The van der Waals surface area contributed by atoms with Gasteiger partial charge in [-0.3, -0.25) is 0 Å². The maximum atomic E-state index is 9.20. The fraction of sp³-hybridized carbons (Fsp3) is 0.357. The van der Waals surface area contributed by atoms with E-state index < -0.39 is 0 Å². The van der Waals surface area contributed by atoms with Gasteiger partial charge in [-0.1, -0.05) is 0 Å². The predicted molar refractivity (Wildman–Crippen MR) is 67.6 cm³/mol. The smallest absolute Gasteiger partial charge is 0.132 e. The van der Waals surface area contributed by atoms with E-state index in [1.165, 1.54) is 18.5 Å². The molecule has 0 radical (unpaired) electrons. The lowest BCUT2D eigenvalue weighted by atomic mass is 10.1. The first kappa shape index (κ1) is 11.1. The van der Waals surface area contributed by atoms with Crippen LogP contribution in [0.4, 0.5) is 0 Å². The second kappa shape index (κ2) is 4.72. The number of hydrogen-bond acceptors (Lipinski definition) is 3. The Bertz CT molecular complexity index is 531. The van der Waals surface area contributed by atoms with Crippen LogP contribution in [0.1, 0.15) is 24.2 Å². The number of aromatic nitrogens is 2. The predicted octanol–water partition coefficient (Wildman–Crippen LogP) is 2.50. The molecule has 2 aromatic rings. The van der Waals surface area contributed by atoms with Gasteiger partial charge >= 0.3 is 0 Å². The van der Waals surface area contributed by atoms with Crippen LogP contribution in [0, 0.1) is 0 Å². The molecule has 0 spiro atoms. The fourth-order valence-electron chi connectivity index (χ4n) is 2.32. The molecule has 4 nitrogen and oxygen atoms in total. The van der Waals surface area contributed by atoms with Crippen molar-refractivity contribution < 1.29 is 9.84 Å². The molecule has 0 amide bonds. The Morgan fingerprint density at radius 3 is 2.89 bits per heavy atom. The van der Waals surface area contributed by atoms with Crippen molar-refractivity contribution in [1.82, 2.24) is 9.55 Å². The second-order valence-corrected chi connectivity index (χ2v) is 4.57. The Labute approximate surface area is 106 Å². The van der Waals surface area contributed by atoms with Gasteiger partial charge < -0.3 is 14.4 Å². The van der Waals surface area contributed by atoms with Gasteiger partial charge in [-0.25, -0.2) is 4.98 Å². The lowest BCUT2D eigenvalue weighted by molar-refractivity contribution is 0.299. The molecule has 0 unspecified atom stereocenters. The highest BCUT2D eigenvalue weighted by atomic mass is 16.5. The monoisotopic (exact) mass is 244 g/mol. The molecule has 0 bridgehead atoms. The van der Waals surface area contributed by atoms with Crippen LogP contribution in [0.15, 0.2) is 30.6 Å². The van der Waals surface area contributed by atoms with Gasteiger partial charge in [0.15, 0.2) is 0 Å². The quantitative estimate of drug-likeness (QED) is 0.902. The van der Waals surface area contributed by atoms with Gasteiger partial charge in [0, 0.05) is 12.2 Å². The van der Waals surface area contributed by atoms with Gasteiger partial charge in [0.05, 0.1) is 12.0 Å². The maximum absolute atomic E-state index is 9.20. The summed E-state index contributed by atoms with van der Waals surface area (Å²) in [5.41, 5.74) is 2.34. The van der Waals surface area contributed by atoms with Crippen molar-refractivity contribution >= 4 is 0 Å². The molecule has 94 valence electrons. The average molecular weight is 244 g/mol. The maximum Gasteiger partial charge on any atom is 0.132 e. The third-order valence-corrected chi connectivity index (χ3v) is 3.31. The fourth-order valence-corrected chi connectivity index (χ4v) is 2.32. The number of fused-ring (bicyclic) bond motifs is 1. The Hall–Kier alpha value is -1.97. The summed E-state index contributed by atoms with van der Waals surface area (Å²) in [5, 5.41) is 9.20. The minimum Gasteiger partial charge on any atom is -0.508 e. The summed E-state index contributed by atoms with van der Waals surface area (Å²) < 4.78 is 7.91. The second-order valence-electron chi connectivity index (χ2n) is 4.57. The van der Waals surface area contributed by atoms with Gasteiger partial charge in [0.1, 0.15) is 18.1 Å². The van der Waals surface area contributed by atoms with Crippen molar-refractivity contribution in [3.8, 4) is 11.5 Å². The van der Waals surface area contributed by atoms with Crippen LogP contribution in [0.25, 0.3) is 0 Å². The highest BCUT2D eigenvalue weighted by molar-refractivity contribution is 5.30. The largest absolute Gasteiger partial charge is 0.508 e. The number of ether oxygens (including phenoxy) is 1. The topological polar surface area (TPSA) is 47.3 Å². The third-order valence-electron chi connectivity index (χ3n) is 3.31. The van der Waals surface area contributed by atoms with Crippen molar-refractivity contribution in [2.24, 2.45) is 0 Å². The molecule has 1 N–H and O–H groups in total. The molecule has 1 aromatic heterocycles. The van der Waals surface area contributed by atoms with Crippen molar-refractivity contribution in [2.75, 3.05) is 0 Å². The summed E-state index contributed by atoms with van der Waals surface area (Å²) >= 11 is 0. The lowest BCUT2D eigenvalue weighted by Crippen LogP contribution is -2.11. The number of phenolic OH excluding ortho intramolecular Hbond substituents is 1. The van der Waals surface area contributed by atoms with Crippen LogP contribution in [-0.4, -0.2) is 14.7 Å². The van der Waals surface area contributed by atoms with Gasteiger partial charge in [-0.15, -0.1) is 0 Å². The summed E-state index contributed by atoms with van der Waals surface area (Å²) in [6.45, 7) is 1.56. The molecule has 0 fully saturated rings. The van der Waals surface area contributed by atoms with Gasteiger partial charge in [0.2, 0.25) is 0 Å². The Balaban J connectivity index is 1.70. The molecule has 2 heterocycles. The molecular formula is C14H16N2O2. The van der Waals surface area contributed by atoms with Crippen molar-refractivity contribution in [3.63, 3.8) is 0 Å². The summed E-state index contributed by atoms with van der Waals surface area (Å²) in [4.78, 5) is 4.42. The van der Waals surface area contributed by atoms with E-state index in [0.717, 1.165) is 24.4 Å². The van der Waals surface area contributed by atoms with Crippen LogP contribution in [0.2, 0.25) is 0 Å². The number of aromatic hydroxyl groups is 1. The van der Waals surface area contributed by atoms with Crippen molar-refractivity contribution in [2.45, 2.75) is 32.4 Å². The van der Waals surface area contributed by atoms with Crippen molar-refractivity contribution in [1.29, 1.82) is 0 Å². The molecule has 4 heteroatoms. The zero-order chi connectivity index (χ0) is 12.4. The number of rotatable bonds is 3. The van der Waals surface area contributed by atoms with Gasteiger partial charge in [-0.05, 0) is 43.5 Å². The molecule has 0 saturated carbocycles. The summed E-state index contributed by atoms with van der Waals surface area (Å²) in [7, 11) is 0. The van der Waals surface area contributed by atoms with Gasteiger partial charge in [0.25, 0.3) is 0 Å². The first-order valence-electron chi connectivity index (χ1n) is 6.27. The first-order chi connectivity index (χ1) is 8.83. The number of hydrogen-bond donors (Lipinski definition) is 1. The minimum absolute atomic E-state index is 0.252. The summed E-state index contributed by atoms with van der Waals surface area (Å²) in [6, 6.07) is 6.77. The first-order valence-corrected chi connectivity index (χ1v) is 6.27. The van der Waals surface area contributed by atoms with E-state index in [-0.39, 0.29) is 5.75 Å². The standard InChI is InChI=1S/C14H16N2O2/c17-11-4-6-12(7-5-11)18-9-13-14-3-1-2-8-16(14)10-15-13/h4-7,10,17H,1-3,8-9H2. The van der Waals surface area contributed by atoms with E-state index in [1.807, 2.05) is 6.33 Å². The van der Waals surface area contributed by atoms with Crippen LogP contribution in [-0.2, 0) is 19.6 Å². The molecule has 0 atom stereocenters. The Morgan fingerprint density at radius 1 is 1.22 bits per heavy atom. The molecule has 3 rings (SSSR count). The normalized spacial score (nSPS) is 14.2. The summed E-state index contributed by atoms with van der Waals surface area (Å²) in [5.74, 6) is 1.01. The lowest BCUT2D eigenvalue weighted by Gasteiger charge is -2.15. The number of nitrogens with zero attached hydrogens (tertiary/aromatic N) is 2. The Kier molecular flexibility index (Phi) is 2.92. The number of imidazole rings is 1. The van der Waals surface area contributed by atoms with Crippen LogP contribution in [0.5, 0.6) is 11.5 Å². The zero-order valence-corrected chi connectivity index (χ0v) is 10.2. The van der Waals surface area contributed by atoms with Crippen LogP contribution in [0.3, 0.4) is 0 Å². The number of phenols is 1. The summed E-state index contributed by atoms with van der Waals surface area (Å²) in [6.07, 6.45) is 5.47. The van der Waals surface area contributed by atoms with Crippen LogP contribution < -0.4 is 4.74 Å². The number of aryl methyl sites for hydroxylation is 1. The minimum atomic E-state index is 0.252. The average Bonchev–Trinajstić information content (AvgIpc) is 2.82. The molecule has 0 saturated heterocycles. The highest BCUT2D eigenvalue weighted by Crippen LogP contribution is 2.21. The SMILES string of the molecule is Oc1ccc(OCc2ncn3c2CCCC3)cc1. The molecule has 1 aromatic carbocycles. The molecule has 1 aliphatic heterocycles. The van der Waals surface area contributed by atoms with Crippen LogP contribution >= 0.6 is 0 Å². The van der Waals surface area contributed by atoms with E-state index in [0.29, 0.717) is 6.61 Å². The highest BCUT2D eigenvalue weighted by Gasteiger charge is 2.14. The van der Waals surface area contributed by atoms with E-state index in [1.54, 1.807) is 24.3 Å². The van der Waals surface area contributed by atoms with E-state index in [9.17, 15) is 5.11 Å². The van der Waals surface area contributed by atoms with Crippen molar-refractivity contribution in [3.05, 3.63) is 42.0 Å². The molecular weight excluding hydrogens is 228 g/mol. The third kappa shape index (κ3) is 2.18. The van der Waals surface area contributed by atoms with Gasteiger partial charge in [-0.2, -0.15) is 0 Å². The zero-order valence-electron chi connectivity index (χ0n) is 10.2.